The summed E-state index contributed by atoms with van der Waals surface area (Å²) in [5, 5.41) is 4.28. The van der Waals surface area contributed by atoms with Crippen molar-refractivity contribution in [1.29, 1.82) is 0 Å². The second-order valence-corrected chi connectivity index (χ2v) is 12.7. The van der Waals surface area contributed by atoms with Crippen LogP contribution in [0.2, 0.25) is 0 Å². The third-order valence-electron chi connectivity index (χ3n) is 6.11. The molecule has 0 heterocycles. The summed E-state index contributed by atoms with van der Waals surface area (Å²) in [6, 6.07) is 33.3. The molecule has 1 heteroatoms. The molecule has 0 fully saturated rings. The summed E-state index contributed by atoms with van der Waals surface area (Å²) in [4.78, 5) is 0. The van der Waals surface area contributed by atoms with Crippen molar-refractivity contribution < 1.29 is 0 Å². The number of rotatable bonds is 10. The number of benzene rings is 3. The van der Waals surface area contributed by atoms with E-state index in [4.69, 9.17) is 0 Å². The van der Waals surface area contributed by atoms with E-state index in [9.17, 15) is 0 Å². The average Bonchev–Trinajstić information content (AvgIpc) is 2.86. The van der Waals surface area contributed by atoms with Gasteiger partial charge in [-0.3, -0.25) is 0 Å². The minimum Gasteiger partial charge on any atom is -0.0856 e. The van der Waals surface area contributed by atoms with Gasteiger partial charge in [0.1, 0.15) is 23.2 Å². The summed E-state index contributed by atoms with van der Waals surface area (Å²) >= 11 is 0. The molecule has 0 atom stereocenters. The van der Waals surface area contributed by atoms with Crippen LogP contribution in [0.25, 0.3) is 0 Å². The van der Waals surface area contributed by atoms with Crippen LogP contribution >= 0.6 is 7.26 Å². The molecule has 0 aliphatic heterocycles. The van der Waals surface area contributed by atoms with E-state index >= 15 is 0 Å². The lowest BCUT2D eigenvalue weighted by Gasteiger charge is -2.26. The lowest BCUT2D eigenvalue weighted by atomic mass is 10.1. The van der Waals surface area contributed by atoms with Crippen molar-refractivity contribution in [3.63, 3.8) is 0 Å². The van der Waals surface area contributed by atoms with Gasteiger partial charge in [-0.15, -0.1) is 0 Å². The first-order chi connectivity index (χ1) is 16.5. The lowest BCUT2D eigenvalue weighted by Crippen LogP contribution is -2.33. The molecule has 0 bridgehead atoms. The van der Waals surface area contributed by atoms with Crippen molar-refractivity contribution in [1.82, 2.24) is 0 Å². The Morgan fingerprint density at radius 2 is 1.12 bits per heavy atom. The van der Waals surface area contributed by atoms with E-state index in [1.54, 1.807) is 0 Å². The number of hydrogen-bond acceptors (Lipinski definition) is 0. The highest BCUT2D eigenvalue weighted by Gasteiger charge is 2.44. The molecule has 0 radical (unpaired) electrons. The van der Waals surface area contributed by atoms with Gasteiger partial charge in [0.2, 0.25) is 0 Å². The topological polar surface area (TPSA) is 0 Å². The number of hydrogen-bond donors (Lipinski definition) is 0. The molecular formula is C33H38P+. The maximum atomic E-state index is 2.43. The van der Waals surface area contributed by atoms with Crippen LogP contribution in [0.5, 0.6) is 0 Å². The smallest absolute Gasteiger partial charge is 0.0856 e. The molecule has 0 saturated heterocycles. The summed E-state index contributed by atoms with van der Waals surface area (Å²) in [6.07, 6.45) is 14.7. The van der Waals surface area contributed by atoms with Gasteiger partial charge in [-0.05, 0) is 83.0 Å². The summed E-state index contributed by atoms with van der Waals surface area (Å²) < 4.78 is 0. The largest absolute Gasteiger partial charge is 0.115 e. The molecule has 0 nitrogen and oxygen atoms in total. The van der Waals surface area contributed by atoms with E-state index in [0.29, 0.717) is 0 Å². The zero-order valence-electron chi connectivity index (χ0n) is 21.1. The van der Waals surface area contributed by atoms with Crippen molar-refractivity contribution in [2.24, 2.45) is 0 Å². The van der Waals surface area contributed by atoms with Crippen molar-refractivity contribution in [2.45, 2.75) is 40.5 Å². The van der Waals surface area contributed by atoms with E-state index in [1.165, 1.54) is 32.6 Å². The summed E-state index contributed by atoms with van der Waals surface area (Å²) in [7, 11) is -1.81. The highest BCUT2D eigenvalue weighted by atomic mass is 31.2. The molecule has 3 aromatic carbocycles. The average molecular weight is 466 g/mol. The lowest BCUT2D eigenvalue weighted by molar-refractivity contribution is 0.967. The van der Waals surface area contributed by atoms with E-state index in [2.05, 4.69) is 149 Å². The molecule has 0 aliphatic rings. The molecule has 3 aromatic rings. The molecule has 0 amide bonds. The Morgan fingerprint density at radius 1 is 0.647 bits per heavy atom. The highest BCUT2D eigenvalue weighted by Crippen LogP contribution is 2.55. The van der Waals surface area contributed by atoms with Gasteiger partial charge in [0, 0.05) is 0 Å². The monoisotopic (exact) mass is 465 g/mol. The Bertz CT molecular complexity index is 1030. The molecule has 0 saturated carbocycles. The van der Waals surface area contributed by atoms with Crippen molar-refractivity contribution >= 4 is 23.2 Å². The first-order valence-corrected chi connectivity index (χ1v) is 14.2. The maximum absolute atomic E-state index is 2.43. The van der Waals surface area contributed by atoms with Gasteiger partial charge < -0.3 is 0 Å². The Hall–Kier alpha value is -2.95. The first kappa shape index (κ1) is 25.7. The summed E-state index contributed by atoms with van der Waals surface area (Å²) in [5.74, 6) is 0. The molecular weight excluding hydrogens is 427 g/mol. The summed E-state index contributed by atoms with van der Waals surface area (Å²) in [5.41, 5.74) is 4.12. The minimum absolute atomic E-state index is 1.00. The van der Waals surface area contributed by atoms with Gasteiger partial charge in [0.25, 0.3) is 0 Å². The molecule has 0 spiro atoms. The second kappa shape index (κ2) is 13.1. The quantitative estimate of drug-likeness (QED) is 0.161. The fourth-order valence-electron chi connectivity index (χ4n) is 4.20. The van der Waals surface area contributed by atoms with Gasteiger partial charge in [-0.25, -0.2) is 0 Å². The van der Waals surface area contributed by atoms with Crippen LogP contribution in [0.1, 0.15) is 40.5 Å². The zero-order chi connectivity index (χ0) is 24.2. The van der Waals surface area contributed by atoms with Gasteiger partial charge in [-0.2, -0.15) is 0 Å². The molecule has 174 valence electrons. The van der Waals surface area contributed by atoms with Crippen LogP contribution in [-0.4, -0.2) is 6.16 Å². The number of allylic oxidation sites excluding steroid dienone is 8. The van der Waals surface area contributed by atoms with Crippen molar-refractivity contribution in [3.05, 3.63) is 138 Å². The third kappa shape index (κ3) is 7.02. The van der Waals surface area contributed by atoms with Crippen LogP contribution < -0.4 is 15.9 Å². The van der Waals surface area contributed by atoms with Crippen LogP contribution in [0.3, 0.4) is 0 Å². The normalized spacial score (nSPS) is 12.7. The Labute approximate surface area is 207 Å². The van der Waals surface area contributed by atoms with E-state index in [1.807, 2.05) is 0 Å². The van der Waals surface area contributed by atoms with E-state index < -0.39 is 7.26 Å². The van der Waals surface area contributed by atoms with Crippen LogP contribution in [0.15, 0.2) is 138 Å². The zero-order valence-corrected chi connectivity index (χ0v) is 22.0. The Morgan fingerprint density at radius 3 is 1.56 bits per heavy atom. The maximum Gasteiger partial charge on any atom is 0.115 e. The van der Waals surface area contributed by atoms with Gasteiger partial charge in [0.05, 0.1) is 6.16 Å². The fraction of sp³-hybridized carbons (Fsp3) is 0.212. The van der Waals surface area contributed by atoms with Crippen molar-refractivity contribution in [2.75, 3.05) is 6.16 Å². The predicted molar refractivity (Wildman–Crippen MR) is 155 cm³/mol. The predicted octanol–water partition coefficient (Wildman–Crippen LogP) is 8.18. The van der Waals surface area contributed by atoms with Crippen molar-refractivity contribution in [3.8, 4) is 0 Å². The standard InChI is InChI=1S/C33H38P/c1-28(2)16-14-17-29(3)18-15-19-30(4)26-27-34(31-20-8-5-9-21-31,32-22-10-6-11-23-32)33-24-12-7-13-25-33/h5-13,15-16,18-26H,14,17,27H2,1-4H3/q+1. The van der Waals surface area contributed by atoms with Crippen LogP contribution in [0.4, 0.5) is 0 Å². The van der Waals surface area contributed by atoms with Gasteiger partial charge >= 0.3 is 0 Å². The van der Waals surface area contributed by atoms with Crippen LogP contribution in [0, 0.1) is 0 Å². The fourth-order valence-corrected chi connectivity index (χ4v) is 8.33. The minimum atomic E-state index is -1.81. The Balaban J connectivity index is 1.94. The van der Waals surface area contributed by atoms with E-state index in [0.717, 1.165) is 19.0 Å². The molecule has 3 rings (SSSR count). The van der Waals surface area contributed by atoms with Gasteiger partial charge in [-0.1, -0.05) is 95.6 Å². The second-order valence-electron chi connectivity index (χ2n) is 9.14. The first-order valence-electron chi connectivity index (χ1n) is 12.2. The molecule has 0 aromatic heterocycles. The highest BCUT2D eigenvalue weighted by molar-refractivity contribution is 7.95. The molecule has 34 heavy (non-hydrogen) atoms. The molecule has 0 aliphatic carbocycles. The third-order valence-corrected chi connectivity index (χ3v) is 10.4. The summed E-state index contributed by atoms with van der Waals surface area (Å²) in [6.45, 7) is 8.77. The molecule has 0 N–H and O–H groups in total. The Kier molecular flexibility index (Phi) is 9.87. The van der Waals surface area contributed by atoms with E-state index in [-0.39, 0.29) is 0 Å². The molecule has 0 unspecified atom stereocenters. The van der Waals surface area contributed by atoms with Crippen LogP contribution in [-0.2, 0) is 0 Å². The SMILES string of the molecule is CC(C)=CCCC(C)=CC=CC(C)=CC[P+](c1ccccc1)(c1ccccc1)c1ccccc1. The van der Waals surface area contributed by atoms with Gasteiger partial charge in [0.15, 0.2) is 0 Å².